The van der Waals surface area contributed by atoms with Crippen molar-refractivity contribution in [3.05, 3.63) is 139 Å². The molecule has 7 aromatic carbocycles. The van der Waals surface area contributed by atoms with Crippen LogP contribution in [0, 0.1) is 0 Å². The lowest BCUT2D eigenvalue weighted by molar-refractivity contribution is 1.02. The molecule has 204 valence electrons. The van der Waals surface area contributed by atoms with Gasteiger partial charge in [-0.15, -0.1) is 11.3 Å². The van der Waals surface area contributed by atoms with Gasteiger partial charge in [-0.05, 0) is 28.3 Å². The van der Waals surface area contributed by atoms with Crippen molar-refractivity contribution in [3.63, 3.8) is 0 Å². The topological polar surface area (TPSA) is 30.7 Å². The summed E-state index contributed by atoms with van der Waals surface area (Å²) in [4.78, 5) is 10.4. The summed E-state index contributed by atoms with van der Waals surface area (Å²) in [6, 6.07) is 35.3. The second kappa shape index (κ2) is 8.96. The van der Waals surface area contributed by atoms with Crippen LogP contribution < -0.4 is 0 Å². The molecule has 0 bridgehead atoms. The SMILES string of the molecule is [2H]c1c([2H])c([2H])c(-c2nc(-n3c4c5ccccc5ccc4c4c5ccccc5c5c6ccccc6sc5c43)nc3ccccc23)c([2H])c1[2H]. The lowest BCUT2D eigenvalue weighted by Crippen LogP contribution is -2.04. The summed E-state index contributed by atoms with van der Waals surface area (Å²) in [5.74, 6) is 0.367. The summed E-state index contributed by atoms with van der Waals surface area (Å²) >= 11 is 1.74. The van der Waals surface area contributed by atoms with E-state index in [0.29, 0.717) is 22.5 Å². The quantitative estimate of drug-likeness (QED) is 0.203. The molecule has 0 spiro atoms. The monoisotopic (exact) mass is 582 g/mol. The van der Waals surface area contributed by atoms with Gasteiger partial charge >= 0.3 is 0 Å². The highest BCUT2D eigenvalue weighted by Crippen LogP contribution is 2.48. The van der Waals surface area contributed by atoms with Crippen LogP contribution in [-0.4, -0.2) is 14.5 Å². The van der Waals surface area contributed by atoms with Gasteiger partial charge in [-0.3, -0.25) is 4.57 Å². The van der Waals surface area contributed by atoms with Gasteiger partial charge in [0.1, 0.15) is 0 Å². The van der Waals surface area contributed by atoms with Crippen molar-refractivity contribution in [2.45, 2.75) is 0 Å². The predicted molar refractivity (Wildman–Crippen MR) is 187 cm³/mol. The van der Waals surface area contributed by atoms with Gasteiger partial charge in [-0.25, -0.2) is 9.97 Å². The zero-order valence-corrected chi connectivity index (χ0v) is 24.0. The van der Waals surface area contributed by atoms with E-state index < -0.39 is 18.1 Å². The van der Waals surface area contributed by atoms with Gasteiger partial charge in [-0.2, -0.15) is 0 Å². The highest BCUT2D eigenvalue weighted by atomic mass is 32.1. The third-order valence-electron chi connectivity index (χ3n) is 8.66. The molecule has 3 aromatic heterocycles. The van der Waals surface area contributed by atoms with Gasteiger partial charge in [0.15, 0.2) is 0 Å². The number of thiophene rings is 1. The van der Waals surface area contributed by atoms with Crippen molar-refractivity contribution in [3.8, 4) is 17.2 Å². The predicted octanol–water partition coefficient (Wildman–Crippen LogP) is 11.1. The maximum Gasteiger partial charge on any atom is 0.235 e. The molecule has 0 saturated heterocycles. The molecule has 3 nitrogen and oxygen atoms in total. The molecule has 0 aliphatic heterocycles. The highest BCUT2D eigenvalue weighted by Gasteiger charge is 2.24. The van der Waals surface area contributed by atoms with Crippen molar-refractivity contribution in [2.75, 3.05) is 0 Å². The Labute approximate surface area is 263 Å². The van der Waals surface area contributed by atoms with E-state index in [-0.39, 0.29) is 17.6 Å². The number of nitrogens with zero attached hydrogens (tertiary/aromatic N) is 3. The standard InChI is InChI=1S/C40H23N3S/c1-2-13-25(14-3-1)36-29-18-8-10-20-32(29)41-40(42-36)43-37-26-15-5-4-12-24(26)22-23-31(37)34-27-16-6-7-17-28(27)35-30-19-9-11-21-33(30)44-39(35)38(34)43/h1-23H/i1D,2D,3D,13D,14D. The molecule has 0 unspecified atom stereocenters. The molecule has 0 saturated carbocycles. The first kappa shape index (κ1) is 19.6. The van der Waals surface area contributed by atoms with Crippen LogP contribution in [0.1, 0.15) is 6.85 Å². The summed E-state index contributed by atoms with van der Waals surface area (Å²) in [7, 11) is 0. The lowest BCUT2D eigenvalue weighted by atomic mass is 9.98. The summed E-state index contributed by atoms with van der Waals surface area (Å²) in [6.45, 7) is 0. The fourth-order valence-electron chi connectivity index (χ4n) is 6.86. The molecule has 44 heavy (non-hydrogen) atoms. The van der Waals surface area contributed by atoms with Gasteiger partial charge in [0.05, 0.1) is 33.8 Å². The summed E-state index contributed by atoms with van der Waals surface area (Å²) in [5, 5.41) is 9.52. The van der Waals surface area contributed by atoms with E-state index in [1.807, 2.05) is 36.4 Å². The average Bonchev–Trinajstić information content (AvgIpc) is 3.70. The molecule has 3 heterocycles. The lowest BCUT2D eigenvalue weighted by Gasteiger charge is -2.13. The number of hydrogen-bond donors (Lipinski definition) is 0. The normalized spacial score (nSPS) is 13.7. The number of aromatic nitrogens is 3. The van der Waals surface area contributed by atoms with Gasteiger partial charge in [0, 0.05) is 42.6 Å². The Hall–Kier alpha value is -5.58. The Morgan fingerprint density at radius 3 is 2.07 bits per heavy atom. The Morgan fingerprint density at radius 2 is 1.23 bits per heavy atom. The third kappa shape index (κ3) is 3.20. The molecule has 4 heteroatoms. The Morgan fingerprint density at radius 1 is 0.545 bits per heavy atom. The van der Waals surface area contributed by atoms with Crippen LogP contribution in [0.5, 0.6) is 0 Å². The van der Waals surface area contributed by atoms with Crippen LogP contribution in [0.2, 0.25) is 0 Å². The molecule has 0 aliphatic rings. The Bertz CT molecular complexity index is 3040. The van der Waals surface area contributed by atoms with E-state index >= 15 is 0 Å². The van der Waals surface area contributed by atoms with Crippen molar-refractivity contribution in [2.24, 2.45) is 0 Å². The number of para-hydroxylation sites is 1. The van der Waals surface area contributed by atoms with Crippen molar-refractivity contribution < 1.29 is 6.85 Å². The van der Waals surface area contributed by atoms with Crippen LogP contribution >= 0.6 is 11.3 Å². The van der Waals surface area contributed by atoms with Crippen LogP contribution in [0.15, 0.2) is 139 Å². The molecule has 0 radical (unpaired) electrons. The van der Waals surface area contributed by atoms with Crippen LogP contribution in [0.4, 0.5) is 0 Å². The van der Waals surface area contributed by atoms with Crippen molar-refractivity contribution in [1.29, 1.82) is 0 Å². The largest absolute Gasteiger partial charge is 0.276 e. The van der Waals surface area contributed by atoms with Crippen LogP contribution in [-0.2, 0) is 0 Å². The molecule has 0 fully saturated rings. The van der Waals surface area contributed by atoms with Crippen LogP contribution in [0.3, 0.4) is 0 Å². The van der Waals surface area contributed by atoms with E-state index in [9.17, 15) is 0 Å². The Balaban J connectivity index is 1.48. The zero-order chi connectivity index (χ0) is 33.1. The van der Waals surface area contributed by atoms with Crippen molar-refractivity contribution in [1.82, 2.24) is 14.5 Å². The molecular weight excluding hydrogens is 555 g/mol. The molecule has 10 aromatic rings. The second-order valence-corrected chi connectivity index (χ2v) is 12.0. The molecule has 0 amide bonds. The van der Waals surface area contributed by atoms with E-state index in [2.05, 4.69) is 77.4 Å². The number of fused-ring (bicyclic) bond motifs is 13. The first-order valence-electron chi connectivity index (χ1n) is 16.9. The highest BCUT2D eigenvalue weighted by molar-refractivity contribution is 7.27. The first-order valence-corrected chi connectivity index (χ1v) is 15.3. The van der Waals surface area contributed by atoms with Gasteiger partial charge in [0.25, 0.3) is 0 Å². The van der Waals surface area contributed by atoms with Crippen molar-refractivity contribution >= 4 is 85.8 Å². The van der Waals surface area contributed by atoms with E-state index in [1.165, 1.54) is 20.9 Å². The summed E-state index contributed by atoms with van der Waals surface area (Å²) in [6.07, 6.45) is 0. The van der Waals surface area contributed by atoms with E-state index in [4.69, 9.17) is 16.8 Å². The Kier molecular flexibility index (Phi) is 3.99. The smallest absolute Gasteiger partial charge is 0.235 e. The van der Waals surface area contributed by atoms with Gasteiger partial charge in [-0.1, -0.05) is 127 Å². The zero-order valence-electron chi connectivity index (χ0n) is 28.1. The van der Waals surface area contributed by atoms with Gasteiger partial charge in [0.2, 0.25) is 5.95 Å². The average molecular weight is 583 g/mol. The summed E-state index contributed by atoms with van der Waals surface area (Å²) < 4.78 is 47.3. The minimum absolute atomic E-state index is 0.0499. The molecule has 0 N–H and O–H groups in total. The fourth-order valence-corrected chi connectivity index (χ4v) is 8.12. The van der Waals surface area contributed by atoms with E-state index in [0.717, 1.165) is 42.7 Å². The van der Waals surface area contributed by atoms with Crippen LogP contribution in [0.25, 0.3) is 91.6 Å². The minimum Gasteiger partial charge on any atom is -0.276 e. The maximum absolute atomic E-state index is 8.89. The second-order valence-electron chi connectivity index (χ2n) is 11.0. The first-order chi connectivity index (χ1) is 23.9. The molecular formula is C40H23N3S. The summed E-state index contributed by atoms with van der Waals surface area (Å²) in [5.41, 5.74) is 2.88. The fraction of sp³-hybridized carbons (Fsp3) is 0. The van der Waals surface area contributed by atoms with E-state index in [1.54, 1.807) is 11.3 Å². The molecule has 10 rings (SSSR count). The maximum atomic E-state index is 8.89. The number of benzene rings is 7. The molecule has 0 aliphatic carbocycles. The minimum atomic E-state index is -0.440. The van der Waals surface area contributed by atoms with Gasteiger partial charge < -0.3 is 0 Å². The molecule has 0 atom stereocenters. The number of hydrogen-bond acceptors (Lipinski definition) is 3. The third-order valence-corrected chi connectivity index (χ3v) is 9.84. The number of rotatable bonds is 2.